The van der Waals surface area contributed by atoms with Gasteiger partial charge in [-0.1, -0.05) is 304 Å². The van der Waals surface area contributed by atoms with Gasteiger partial charge in [0.15, 0.2) is 37.8 Å². The number of nitrogens with zero attached hydrogens (tertiary/aromatic N) is 5. The molecule has 5 atom stereocenters. The van der Waals surface area contributed by atoms with Crippen molar-refractivity contribution in [2.45, 2.75) is 259 Å². The predicted molar refractivity (Wildman–Crippen MR) is 510 cm³/mol. The summed E-state index contributed by atoms with van der Waals surface area (Å²) in [7, 11) is 0. The van der Waals surface area contributed by atoms with E-state index in [-0.39, 0.29) is 44.1 Å². The van der Waals surface area contributed by atoms with Crippen molar-refractivity contribution in [3.63, 3.8) is 0 Å². The molecule has 5 aromatic carbocycles. The van der Waals surface area contributed by atoms with Crippen LogP contribution in [0.4, 0.5) is 0 Å². The van der Waals surface area contributed by atoms with Crippen LogP contribution in [0.1, 0.15) is 284 Å². The van der Waals surface area contributed by atoms with Gasteiger partial charge in [0.05, 0.1) is 74.8 Å². The fourth-order valence-electron chi connectivity index (χ4n) is 23.7. The summed E-state index contributed by atoms with van der Waals surface area (Å²) in [6.07, 6.45) is 15.8. The zero-order valence-corrected chi connectivity index (χ0v) is 80.7. The van der Waals surface area contributed by atoms with Crippen LogP contribution in [0.15, 0.2) is 222 Å². The molecule has 123 heavy (non-hydrogen) atoms. The number of benzene rings is 5. The molecule has 0 radical (unpaired) electrons. The Bertz CT molecular complexity index is 5520. The van der Waals surface area contributed by atoms with Gasteiger partial charge in [-0.3, -0.25) is 24.0 Å². The van der Waals surface area contributed by atoms with Crippen LogP contribution in [0.3, 0.4) is 0 Å². The summed E-state index contributed by atoms with van der Waals surface area (Å²) in [6, 6.07) is 50.0. The Hall–Kier alpha value is -7.64. The number of thiazole rings is 5. The van der Waals surface area contributed by atoms with Gasteiger partial charge in [0.25, 0.3) is 0 Å². The SMILES string of the molecule is CCC1(c2ccccc2)C2=C(Cc3nc(Cl)sc31)CC(C)(C)CC2=O.CC[C@@]1(c2cccc(Br)c2)C2=C(Cc3ncsc31)CC(C)(C)CC2=O.CC[C@@]1(c2ccccc2)C2=C(Cc3nc(Cl)sc31)CC(C)(C)CC2=O.[2H]c1nc2c(s1)C(CC)(c1ccccc1)C1=C(C2)CC(C)(C)CC1=O.[2H]c1nc2c(s1)[C@](CC)(c1ccccc1)C1=C(C2)CC(C)(C)CC1=O. The van der Waals surface area contributed by atoms with Crippen LogP contribution in [0.5, 0.6) is 0 Å². The minimum absolute atomic E-state index is 0.00338. The molecule has 10 aliphatic rings. The summed E-state index contributed by atoms with van der Waals surface area (Å²) in [4.78, 5) is 95.3. The third-order valence-corrected chi connectivity index (χ3v) is 34.2. The number of fused-ring (bicyclic) bond motifs is 5. The number of rotatable bonds is 10. The Kier molecular flexibility index (Phi) is 23.7. The standard InChI is InChI=1S/C21H22BrNOS.2C21H22ClNOS.2C21H23NOS/c1-4-21(14-6-5-7-15(22)9-14)18-13(8-16-19(21)25-12-23-16)10-20(2,3)11-17(18)24;2*1-4-21(14-8-6-5-7-9-14)17-13(11-20(2,3)12-16(17)24)10-15-18(21)25-19(22)23-15;2*1-4-21(15-8-6-5-7-9-15)18-14(10-16-19(21)24-13-22-16)11-20(2,3)12-17(18)23/h5-7,9,12H,4,8,10-11H2,1-3H3;2*5-9H,4,10-12H2,1-3H3;2*5-9,13H,4,10-12H2,1-3H3/t2*21-;;21-;/m11.1./s1/i;;;2*13D. The Balaban J connectivity index is 0.000000115. The van der Waals surface area contributed by atoms with E-state index in [1.165, 1.54) is 72.1 Å². The molecule has 5 aromatic heterocycles. The van der Waals surface area contributed by atoms with Gasteiger partial charge in [-0.15, -0.1) is 56.7 Å². The summed E-state index contributed by atoms with van der Waals surface area (Å²) >= 11 is 23.9. The highest BCUT2D eigenvalue weighted by molar-refractivity contribution is 9.10. The monoisotopic (exact) mass is 1830 g/mol. The van der Waals surface area contributed by atoms with Crippen molar-refractivity contribution in [1.82, 2.24) is 24.9 Å². The van der Waals surface area contributed by atoms with E-state index < -0.39 is 21.7 Å². The van der Waals surface area contributed by atoms with Gasteiger partial charge in [0.1, 0.15) is 0 Å². The molecule has 0 spiro atoms. The van der Waals surface area contributed by atoms with Gasteiger partial charge in [0, 0.05) is 121 Å². The molecule has 0 saturated carbocycles. The molecular formula is C105H112BrCl2N5O5S5. The van der Waals surface area contributed by atoms with E-state index in [2.05, 4.69) is 236 Å². The molecule has 0 bridgehead atoms. The quantitative estimate of drug-likeness (QED) is 0.129. The van der Waals surface area contributed by atoms with Crippen molar-refractivity contribution >= 4 is 125 Å². The van der Waals surface area contributed by atoms with Gasteiger partial charge in [-0.05, 0) is 131 Å². The molecular weight excluding hydrogens is 1720 g/mol. The van der Waals surface area contributed by atoms with Crippen molar-refractivity contribution in [1.29, 1.82) is 0 Å². The Morgan fingerprint density at radius 2 is 0.577 bits per heavy atom. The lowest BCUT2D eigenvalue weighted by Gasteiger charge is -2.44. The third kappa shape index (κ3) is 15.7. The van der Waals surface area contributed by atoms with Crippen molar-refractivity contribution < 1.29 is 26.7 Å². The van der Waals surface area contributed by atoms with E-state index in [1.807, 2.05) is 60.1 Å². The lowest BCUT2D eigenvalue weighted by Crippen LogP contribution is -2.42. The van der Waals surface area contributed by atoms with Crippen molar-refractivity contribution in [3.8, 4) is 0 Å². The first-order valence-electron chi connectivity index (χ1n) is 44.8. The van der Waals surface area contributed by atoms with E-state index in [4.69, 9.17) is 25.9 Å². The third-order valence-electron chi connectivity index (χ3n) is 28.0. The van der Waals surface area contributed by atoms with Crippen LogP contribution in [0.2, 0.25) is 8.93 Å². The molecule has 10 aromatic rings. The number of aromatic nitrogens is 5. The van der Waals surface area contributed by atoms with Gasteiger partial charge in [0.2, 0.25) is 0 Å². The lowest BCUT2D eigenvalue weighted by molar-refractivity contribution is -0.119. The first-order valence-corrected chi connectivity index (χ1v) is 49.5. The first-order chi connectivity index (χ1) is 59.4. The van der Waals surface area contributed by atoms with Crippen molar-refractivity contribution in [2.24, 2.45) is 27.1 Å². The first kappa shape index (κ1) is 86.1. The number of allylic oxidation sites excluding steroid dienone is 10. The van der Waals surface area contributed by atoms with E-state index in [1.54, 1.807) is 34.0 Å². The molecule has 0 amide bonds. The highest BCUT2D eigenvalue weighted by atomic mass is 79.9. The number of ketones is 5. The van der Waals surface area contributed by atoms with Crippen LogP contribution >= 0.6 is 95.8 Å². The zero-order valence-electron chi connectivity index (χ0n) is 75.5. The summed E-state index contributed by atoms with van der Waals surface area (Å²) < 4.78 is 18.4. The van der Waals surface area contributed by atoms with Gasteiger partial charge >= 0.3 is 0 Å². The molecule has 18 heteroatoms. The van der Waals surface area contributed by atoms with Gasteiger partial charge in [-0.2, -0.15) is 0 Å². The molecule has 0 saturated heterocycles. The Labute approximate surface area is 768 Å². The van der Waals surface area contributed by atoms with Crippen LogP contribution in [-0.4, -0.2) is 53.8 Å². The second kappa shape index (κ2) is 33.9. The average molecular weight is 1840 g/mol. The second-order valence-electron chi connectivity index (χ2n) is 39.5. The van der Waals surface area contributed by atoms with E-state index in [0.717, 1.165) is 188 Å². The summed E-state index contributed by atoms with van der Waals surface area (Å²) in [5.74, 6) is 1.48. The lowest BCUT2D eigenvalue weighted by atomic mass is 9.59. The number of halogens is 3. The number of carbonyl (C=O) groups is 5. The summed E-state index contributed by atoms with van der Waals surface area (Å²) in [5.41, 5.74) is 23.3. The number of carbonyl (C=O) groups excluding carboxylic acids is 5. The van der Waals surface area contributed by atoms with E-state index in [9.17, 15) is 24.0 Å². The largest absolute Gasteiger partial charge is 0.294 e. The van der Waals surface area contributed by atoms with Crippen LogP contribution in [-0.2, 0) is 83.2 Å². The van der Waals surface area contributed by atoms with Gasteiger partial charge < -0.3 is 0 Å². The second-order valence-corrected chi connectivity index (χ2v) is 46.0. The molecule has 638 valence electrons. The zero-order chi connectivity index (χ0) is 89.1. The van der Waals surface area contributed by atoms with Crippen LogP contribution < -0.4 is 0 Å². The number of Topliss-reactive ketones (excluding diaryl/α,β-unsaturated/α-hetero) is 5. The number of hydrogen-bond acceptors (Lipinski definition) is 15. The van der Waals surface area contributed by atoms with Crippen LogP contribution in [0.25, 0.3) is 0 Å². The van der Waals surface area contributed by atoms with E-state index in [0.29, 0.717) is 69.4 Å². The fourth-order valence-corrected chi connectivity index (χ4v) is 30.1. The topological polar surface area (TPSA) is 150 Å². The Morgan fingerprint density at radius 3 is 0.862 bits per heavy atom. The fraction of sp³-hybridized carbons (Fsp3) is 0.429. The molecule has 0 N–H and O–H groups in total. The highest BCUT2D eigenvalue weighted by Gasteiger charge is 2.57. The molecule has 0 fully saturated rings. The van der Waals surface area contributed by atoms with E-state index >= 15 is 0 Å². The molecule has 10 aliphatic carbocycles. The molecule has 2 unspecified atom stereocenters. The van der Waals surface area contributed by atoms with Crippen molar-refractivity contribution in [2.75, 3.05) is 0 Å². The highest BCUT2D eigenvalue weighted by Crippen LogP contribution is 2.62. The van der Waals surface area contributed by atoms with Crippen LogP contribution in [0, 0.1) is 27.1 Å². The molecule has 20 rings (SSSR count). The van der Waals surface area contributed by atoms with Gasteiger partial charge in [-0.25, -0.2) is 24.9 Å². The summed E-state index contributed by atoms with van der Waals surface area (Å²) in [5, 5.41) is 0. The number of hydrogen-bond donors (Lipinski definition) is 0. The summed E-state index contributed by atoms with van der Waals surface area (Å²) in [6.45, 7) is 32.7. The normalized spacial score (nSPS) is 25.3. The molecule has 10 nitrogen and oxygen atoms in total. The van der Waals surface area contributed by atoms with Crippen molar-refractivity contribution in [3.05, 3.63) is 312 Å². The average Bonchev–Trinajstić information content (AvgIpc) is 1.72. The Morgan fingerprint density at radius 1 is 0.325 bits per heavy atom. The smallest absolute Gasteiger partial charge is 0.184 e. The predicted octanol–water partition coefficient (Wildman–Crippen LogP) is 27.5. The molecule has 0 aliphatic heterocycles. The minimum Gasteiger partial charge on any atom is -0.294 e. The maximum Gasteiger partial charge on any atom is 0.184 e. The maximum atomic E-state index is 13.3. The molecule has 5 heterocycles. The minimum atomic E-state index is -0.436. The maximum absolute atomic E-state index is 13.3.